The summed E-state index contributed by atoms with van der Waals surface area (Å²) in [6, 6.07) is 9.37. The standard InChI is InChI=1S/C30H38N6O4Si/c1-34-17-24(23-13-22(39-2)8-9-25(23)34)26-14-27-29(35(26)18-40-10-11-41(3,4)5)32-16-21-15-31-28(36(21)27)19-6-7-20(12-19)33-30(37)38/h8-9,13-17,19-20,33H,6-7,10-12,18H2,1-5H3,(H,37,38)/t19-,20+/m0/s1. The summed E-state index contributed by atoms with van der Waals surface area (Å²) in [5.74, 6) is 1.91. The van der Waals surface area contributed by atoms with Gasteiger partial charge in [-0.25, -0.2) is 14.8 Å². The van der Waals surface area contributed by atoms with E-state index in [-0.39, 0.29) is 12.0 Å². The molecule has 0 spiro atoms. The third-order valence-corrected chi connectivity index (χ3v) is 9.94. The summed E-state index contributed by atoms with van der Waals surface area (Å²) in [6.07, 6.45) is 7.32. The number of ether oxygens (including phenoxy) is 2. The fourth-order valence-corrected chi connectivity index (χ4v) is 6.84. The van der Waals surface area contributed by atoms with E-state index in [1.807, 2.05) is 18.5 Å². The number of fused-ring (bicyclic) bond motifs is 4. The van der Waals surface area contributed by atoms with Crippen molar-refractivity contribution in [1.29, 1.82) is 0 Å². The maximum Gasteiger partial charge on any atom is 0.404 e. The monoisotopic (exact) mass is 574 g/mol. The molecule has 0 bridgehead atoms. The summed E-state index contributed by atoms with van der Waals surface area (Å²) in [4.78, 5) is 21.0. The molecule has 0 saturated heterocycles. The minimum atomic E-state index is -1.24. The molecular formula is C30H38N6O4Si. The number of imidazole rings is 1. The number of amides is 1. The van der Waals surface area contributed by atoms with Gasteiger partial charge in [-0.3, -0.25) is 8.97 Å². The van der Waals surface area contributed by atoms with E-state index in [2.05, 4.69) is 69.9 Å². The number of aryl methyl sites for hydroxylation is 1. The second-order valence-electron chi connectivity index (χ2n) is 12.3. The number of rotatable bonds is 9. The van der Waals surface area contributed by atoms with Crippen LogP contribution in [0.2, 0.25) is 25.7 Å². The molecule has 1 aromatic carbocycles. The predicted molar refractivity (Wildman–Crippen MR) is 163 cm³/mol. The zero-order chi connectivity index (χ0) is 28.9. The highest BCUT2D eigenvalue weighted by Crippen LogP contribution is 2.38. The lowest BCUT2D eigenvalue weighted by atomic mass is 10.1. The number of aromatic nitrogens is 5. The van der Waals surface area contributed by atoms with Crippen LogP contribution in [0.5, 0.6) is 5.75 Å². The van der Waals surface area contributed by atoms with Crippen molar-refractivity contribution in [2.24, 2.45) is 7.05 Å². The smallest absolute Gasteiger partial charge is 0.404 e. The van der Waals surface area contributed by atoms with E-state index >= 15 is 0 Å². The van der Waals surface area contributed by atoms with Crippen LogP contribution in [-0.2, 0) is 18.5 Å². The molecule has 1 amide bonds. The molecule has 1 saturated carbocycles. The maximum absolute atomic E-state index is 11.2. The van der Waals surface area contributed by atoms with Gasteiger partial charge in [0.15, 0.2) is 5.65 Å². The van der Waals surface area contributed by atoms with Gasteiger partial charge in [-0.1, -0.05) is 19.6 Å². The SMILES string of the molecule is COc1ccc2c(c1)c(-c1cc3c(ncc4cnc([C@H]5CC[C@@H](NC(=O)O)C5)n43)n1COCC[Si](C)(C)C)cn2C. The Kier molecular flexibility index (Phi) is 7.02. The number of nitrogens with one attached hydrogen (secondary N) is 1. The summed E-state index contributed by atoms with van der Waals surface area (Å²) >= 11 is 0. The summed E-state index contributed by atoms with van der Waals surface area (Å²) in [7, 11) is 2.50. The molecule has 1 aliphatic rings. The summed E-state index contributed by atoms with van der Waals surface area (Å²) < 4.78 is 18.4. The number of hydrogen-bond acceptors (Lipinski definition) is 5. The second-order valence-corrected chi connectivity index (χ2v) is 18.0. The van der Waals surface area contributed by atoms with E-state index < -0.39 is 14.2 Å². The van der Waals surface area contributed by atoms with Crippen LogP contribution >= 0.6 is 0 Å². The molecule has 1 fully saturated rings. The Balaban J connectivity index is 1.49. The van der Waals surface area contributed by atoms with Gasteiger partial charge in [-0.15, -0.1) is 0 Å². The Morgan fingerprint density at radius 3 is 2.71 bits per heavy atom. The predicted octanol–water partition coefficient (Wildman–Crippen LogP) is 6.07. The van der Waals surface area contributed by atoms with E-state index in [1.165, 1.54) is 0 Å². The first-order chi connectivity index (χ1) is 19.6. The lowest BCUT2D eigenvalue weighted by Gasteiger charge is -2.16. The molecular weight excluding hydrogens is 536 g/mol. The molecule has 5 aromatic rings. The highest BCUT2D eigenvalue weighted by Gasteiger charge is 2.31. The number of benzene rings is 1. The van der Waals surface area contributed by atoms with E-state index in [0.29, 0.717) is 13.3 Å². The van der Waals surface area contributed by atoms with Gasteiger partial charge >= 0.3 is 6.09 Å². The van der Waals surface area contributed by atoms with Crippen LogP contribution in [0.15, 0.2) is 42.9 Å². The lowest BCUT2D eigenvalue weighted by Crippen LogP contribution is -2.31. The van der Waals surface area contributed by atoms with Gasteiger partial charge < -0.3 is 24.5 Å². The number of carboxylic acid groups (broad SMARTS) is 1. The number of methoxy groups -OCH3 is 1. The first-order valence-electron chi connectivity index (χ1n) is 14.2. The Bertz CT molecular complexity index is 1750. The fourth-order valence-electron chi connectivity index (χ4n) is 6.09. The Morgan fingerprint density at radius 2 is 1.95 bits per heavy atom. The first kappa shape index (κ1) is 27.3. The number of carbonyl (C=O) groups is 1. The Morgan fingerprint density at radius 1 is 1.15 bits per heavy atom. The fraction of sp³-hybridized carbons (Fsp3) is 0.433. The molecule has 0 radical (unpaired) electrons. The number of nitrogens with zero attached hydrogens (tertiary/aromatic N) is 5. The Labute approximate surface area is 239 Å². The maximum atomic E-state index is 11.2. The highest BCUT2D eigenvalue weighted by molar-refractivity contribution is 6.76. The average molecular weight is 575 g/mol. The van der Waals surface area contributed by atoms with Gasteiger partial charge in [0.25, 0.3) is 0 Å². The Hall–Kier alpha value is -3.83. The van der Waals surface area contributed by atoms with Crippen LogP contribution in [0, 0.1) is 0 Å². The van der Waals surface area contributed by atoms with Gasteiger partial charge in [0.05, 0.1) is 36.2 Å². The molecule has 6 rings (SSSR count). The van der Waals surface area contributed by atoms with Crippen LogP contribution in [0.4, 0.5) is 4.79 Å². The van der Waals surface area contributed by atoms with Crippen LogP contribution < -0.4 is 10.1 Å². The highest BCUT2D eigenvalue weighted by atomic mass is 28.3. The van der Waals surface area contributed by atoms with Crippen molar-refractivity contribution in [2.75, 3.05) is 13.7 Å². The largest absolute Gasteiger partial charge is 0.497 e. The van der Waals surface area contributed by atoms with Gasteiger partial charge in [0, 0.05) is 56.4 Å². The van der Waals surface area contributed by atoms with E-state index in [1.54, 1.807) is 7.11 Å². The third-order valence-electron chi connectivity index (χ3n) is 8.24. The van der Waals surface area contributed by atoms with E-state index in [4.69, 9.17) is 19.4 Å². The van der Waals surface area contributed by atoms with Gasteiger partial charge in [-0.2, -0.15) is 0 Å². The molecule has 11 heteroatoms. The van der Waals surface area contributed by atoms with Crippen molar-refractivity contribution < 1.29 is 19.4 Å². The average Bonchev–Trinajstić information content (AvgIpc) is 3.69. The van der Waals surface area contributed by atoms with Crippen molar-refractivity contribution in [2.45, 2.75) is 63.6 Å². The van der Waals surface area contributed by atoms with Gasteiger partial charge in [-0.05, 0) is 49.6 Å². The van der Waals surface area contributed by atoms with Crippen molar-refractivity contribution >= 4 is 41.8 Å². The molecule has 2 N–H and O–H groups in total. The summed E-state index contributed by atoms with van der Waals surface area (Å²) in [5.41, 5.74) is 5.93. The molecule has 216 valence electrons. The van der Waals surface area contributed by atoms with Crippen molar-refractivity contribution in [1.82, 2.24) is 28.8 Å². The van der Waals surface area contributed by atoms with E-state index in [0.717, 1.165) is 75.7 Å². The number of hydrogen-bond donors (Lipinski definition) is 2. The van der Waals surface area contributed by atoms with E-state index in [9.17, 15) is 9.90 Å². The molecule has 0 aliphatic heterocycles. The summed E-state index contributed by atoms with van der Waals surface area (Å²) in [6.45, 7) is 8.16. The third kappa shape index (κ3) is 5.19. The van der Waals surface area contributed by atoms with Gasteiger partial charge in [0.1, 0.15) is 18.3 Å². The quantitative estimate of drug-likeness (QED) is 0.164. The van der Waals surface area contributed by atoms with Crippen molar-refractivity contribution in [3.63, 3.8) is 0 Å². The van der Waals surface area contributed by atoms with Crippen LogP contribution in [0.25, 0.3) is 38.8 Å². The molecule has 1 aliphatic carbocycles. The molecule has 4 aromatic heterocycles. The molecule has 41 heavy (non-hydrogen) atoms. The molecule has 2 atom stereocenters. The van der Waals surface area contributed by atoms with Crippen LogP contribution in [-0.4, -0.2) is 62.5 Å². The van der Waals surface area contributed by atoms with Gasteiger partial charge in [0.2, 0.25) is 0 Å². The molecule has 0 unspecified atom stereocenters. The minimum absolute atomic E-state index is 0.0623. The van der Waals surface area contributed by atoms with Crippen molar-refractivity contribution in [3.8, 4) is 17.0 Å². The van der Waals surface area contributed by atoms with Crippen molar-refractivity contribution in [3.05, 3.63) is 48.7 Å². The molecule has 10 nitrogen and oxygen atoms in total. The summed E-state index contributed by atoms with van der Waals surface area (Å²) in [5, 5.41) is 13.0. The first-order valence-corrected chi connectivity index (χ1v) is 17.9. The lowest BCUT2D eigenvalue weighted by molar-refractivity contribution is 0.0909. The zero-order valence-corrected chi connectivity index (χ0v) is 25.3. The zero-order valence-electron chi connectivity index (χ0n) is 24.3. The minimum Gasteiger partial charge on any atom is -0.497 e. The van der Waals surface area contributed by atoms with Crippen LogP contribution in [0.3, 0.4) is 0 Å². The molecule has 4 heterocycles. The van der Waals surface area contributed by atoms with Crippen LogP contribution in [0.1, 0.15) is 31.0 Å². The second kappa shape index (κ2) is 10.5. The normalized spacial score (nSPS) is 17.7. The topological polar surface area (TPSA) is 108 Å².